The molecule has 1 saturated heterocycles. The van der Waals surface area contributed by atoms with Crippen molar-refractivity contribution < 1.29 is 18.1 Å². The van der Waals surface area contributed by atoms with Crippen molar-refractivity contribution in [2.75, 3.05) is 13.7 Å². The van der Waals surface area contributed by atoms with E-state index in [0.29, 0.717) is 4.90 Å². The average Bonchev–Trinajstić information content (AvgIpc) is 2.80. The summed E-state index contributed by atoms with van der Waals surface area (Å²) < 4.78 is 31.9. The fourth-order valence-electron chi connectivity index (χ4n) is 2.08. The molecule has 0 aliphatic carbocycles. The predicted molar refractivity (Wildman–Crippen MR) is 69.6 cm³/mol. The van der Waals surface area contributed by atoms with Gasteiger partial charge in [0, 0.05) is 13.0 Å². The van der Waals surface area contributed by atoms with Crippen molar-refractivity contribution in [3.63, 3.8) is 0 Å². The van der Waals surface area contributed by atoms with Crippen LogP contribution in [0.5, 0.6) is 0 Å². The topological polar surface area (TPSA) is 46.6 Å². The minimum Gasteiger partial charge on any atom is -0.468 e. The number of benzene rings is 1. The summed E-state index contributed by atoms with van der Waals surface area (Å²) in [5, 5.41) is 0. The van der Waals surface area contributed by atoms with E-state index in [4.69, 9.17) is 0 Å². The Kier molecular flexibility index (Phi) is 4.31. The highest BCUT2D eigenvalue weighted by Crippen LogP contribution is 2.26. The Bertz CT molecular complexity index is 491. The summed E-state index contributed by atoms with van der Waals surface area (Å²) in [5.41, 5.74) is 1.05. The molecule has 1 aliphatic heterocycles. The highest BCUT2D eigenvalue weighted by atomic mass is 32.2. The number of carbonyl (C=O) groups excluding carboxylic acids is 1. The van der Waals surface area contributed by atoms with Crippen LogP contribution in [0.3, 0.4) is 0 Å². The zero-order valence-corrected chi connectivity index (χ0v) is 11.7. The number of ether oxygens (including phenoxy) is 1. The molecule has 1 fully saturated rings. The summed E-state index contributed by atoms with van der Waals surface area (Å²) in [4.78, 5) is 12.2. The van der Waals surface area contributed by atoms with E-state index in [9.17, 15) is 13.4 Å². The fraction of sp³-hybridized carbons (Fsp3) is 0.462. The summed E-state index contributed by atoms with van der Waals surface area (Å²) in [6.07, 6.45) is -1.12. The monoisotopic (exact) mass is 285 g/mol. The lowest BCUT2D eigenvalue weighted by molar-refractivity contribution is -0.144. The third kappa shape index (κ3) is 3.01. The van der Waals surface area contributed by atoms with Gasteiger partial charge in [-0.1, -0.05) is 17.7 Å². The third-order valence-corrected chi connectivity index (χ3v) is 4.62. The van der Waals surface area contributed by atoms with E-state index in [1.165, 1.54) is 11.4 Å². The van der Waals surface area contributed by atoms with Gasteiger partial charge in [-0.25, -0.2) is 12.9 Å². The third-order valence-electron chi connectivity index (χ3n) is 3.11. The molecule has 0 radical (unpaired) electrons. The van der Waals surface area contributed by atoms with Gasteiger partial charge in [-0.3, -0.25) is 4.79 Å². The maximum Gasteiger partial charge on any atom is 0.324 e. The fourth-order valence-corrected chi connectivity index (χ4v) is 3.42. The Labute approximate surface area is 114 Å². The van der Waals surface area contributed by atoms with E-state index in [1.807, 2.05) is 19.1 Å². The van der Waals surface area contributed by atoms with Crippen LogP contribution < -0.4 is 0 Å². The first kappa shape index (κ1) is 14.1. The molecular formula is C13H16FNO3S. The van der Waals surface area contributed by atoms with Crippen molar-refractivity contribution in [1.82, 2.24) is 4.31 Å². The van der Waals surface area contributed by atoms with Crippen LogP contribution in [-0.2, 0) is 20.5 Å². The zero-order valence-electron chi connectivity index (χ0n) is 10.8. The van der Waals surface area contributed by atoms with Gasteiger partial charge in [-0.15, -0.1) is 0 Å². The van der Waals surface area contributed by atoms with Crippen LogP contribution in [0.2, 0.25) is 0 Å². The minimum atomic E-state index is -1.55. The van der Waals surface area contributed by atoms with Crippen molar-refractivity contribution in [3.05, 3.63) is 29.8 Å². The van der Waals surface area contributed by atoms with Crippen LogP contribution >= 0.6 is 0 Å². The van der Waals surface area contributed by atoms with E-state index >= 15 is 0 Å². The zero-order chi connectivity index (χ0) is 14.0. The Morgan fingerprint density at radius 2 is 2.05 bits per heavy atom. The van der Waals surface area contributed by atoms with Crippen molar-refractivity contribution >= 4 is 17.0 Å². The molecule has 4 nitrogen and oxygen atoms in total. The number of hydrogen-bond donors (Lipinski definition) is 0. The van der Waals surface area contributed by atoms with Crippen LogP contribution in [0.15, 0.2) is 29.2 Å². The van der Waals surface area contributed by atoms with E-state index in [-0.39, 0.29) is 13.0 Å². The molecule has 1 aromatic rings. The molecule has 2 rings (SSSR count). The molecule has 19 heavy (non-hydrogen) atoms. The predicted octanol–water partition coefficient (Wildman–Crippen LogP) is 1.60. The number of rotatable bonds is 3. The molecule has 0 amide bonds. The number of halogens is 1. The molecule has 6 heteroatoms. The van der Waals surface area contributed by atoms with Crippen molar-refractivity contribution in [3.8, 4) is 0 Å². The standard InChI is InChI=1S/C13H16FNO3S/c1-9-3-5-11(6-4-9)19(17)15-8-10(14)7-12(15)13(16)18-2/h3-6,10,12H,7-8H2,1-2H3. The molecule has 0 N–H and O–H groups in total. The highest BCUT2D eigenvalue weighted by molar-refractivity contribution is 7.82. The molecule has 0 spiro atoms. The van der Waals surface area contributed by atoms with Gasteiger partial charge in [-0.05, 0) is 19.1 Å². The van der Waals surface area contributed by atoms with E-state index in [0.717, 1.165) is 5.56 Å². The number of esters is 1. The van der Waals surface area contributed by atoms with Crippen LogP contribution in [0, 0.1) is 6.92 Å². The van der Waals surface area contributed by atoms with Gasteiger partial charge in [-0.2, -0.15) is 0 Å². The van der Waals surface area contributed by atoms with Crippen LogP contribution in [0.25, 0.3) is 0 Å². The molecule has 0 saturated carbocycles. The Hall–Kier alpha value is -1.27. The van der Waals surface area contributed by atoms with E-state index < -0.39 is 29.2 Å². The van der Waals surface area contributed by atoms with Gasteiger partial charge >= 0.3 is 5.97 Å². The summed E-state index contributed by atoms with van der Waals surface area (Å²) in [5.74, 6) is -0.541. The number of nitrogens with zero attached hydrogens (tertiary/aromatic N) is 1. The number of hydrogen-bond acceptors (Lipinski definition) is 3. The highest BCUT2D eigenvalue weighted by Gasteiger charge is 2.41. The maximum atomic E-state index is 13.5. The first-order valence-electron chi connectivity index (χ1n) is 6.00. The smallest absolute Gasteiger partial charge is 0.324 e. The molecule has 1 aliphatic rings. The van der Waals surface area contributed by atoms with Crippen molar-refractivity contribution in [2.24, 2.45) is 0 Å². The first-order valence-corrected chi connectivity index (χ1v) is 7.10. The lowest BCUT2D eigenvalue weighted by Gasteiger charge is -2.20. The lowest BCUT2D eigenvalue weighted by Crippen LogP contribution is -2.38. The van der Waals surface area contributed by atoms with Crippen LogP contribution in [0.4, 0.5) is 4.39 Å². The summed E-state index contributed by atoms with van der Waals surface area (Å²) >= 11 is 0. The van der Waals surface area contributed by atoms with E-state index in [1.54, 1.807) is 12.1 Å². The number of carbonyl (C=O) groups is 1. The first-order chi connectivity index (χ1) is 9.02. The number of aryl methyl sites for hydroxylation is 1. The average molecular weight is 285 g/mol. The van der Waals surface area contributed by atoms with E-state index in [2.05, 4.69) is 4.74 Å². The number of methoxy groups -OCH3 is 1. The maximum absolute atomic E-state index is 13.5. The molecule has 0 aromatic heterocycles. The second kappa shape index (κ2) is 5.79. The van der Waals surface area contributed by atoms with Gasteiger partial charge in [0.05, 0.1) is 12.0 Å². The molecular weight excluding hydrogens is 269 g/mol. The second-order valence-electron chi connectivity index (χ2n) is 4.53. The second-order valence-corrected chi connectivity index (χ2v) is 5.97. The molecule has 0 bridgehead atoms. The van der Waals surface area contributed by atoms with Gasteiger partial charge in [0.25, 0.3) is 0 Å². The van der Waals surface area contributed by atoms with Gasteiger partial charge < -0.3 is 4.74 Å². The summed E-state index contributed by atoms with van der Waals surface area (Å²) in [6, 6.07) is 6.35. The van der Waals surface area contributed by atoms with Crippen molar-refractivity contribution in [1.29, 1.82) is 0 Å². The number of alkyl halides is 1. The molecule has 104 valence electrons. The molecule has 1 aromatic carbocycles. The molecule has 3 unspecified atom stereocenters. The van der Waals surface area contributed by atoms with Crippen LogP contribution in [0.1, 0.15) is 12.0 Å². The Morgan fingerprint density at radius 1 is 1.42 bits per heavy atom. The molecule has 3 atom stereocenters. The quantitative estimate of drug-likeness (QED) is 0.793. The Balaban J connectivity index is 2.21. The largest absolute Gasteiger partial charge is 0.468 e. The summed E-state index contributed by atoms with van der Waals surface area (Å²) in [6.45, 7) is 1.91. The van der Waals surface area contributed by atoms with Gasteiger partial charge in [0.1, 0.15) is 23.2 Å². The summed E-state index contributed by atoms with van der Waals surface area (Å²) in [7, 11) is -0.297. The van der Waals surface area contributed by atoms with Crippen LogP contribution in [-0.4, -0.2) is 40.4 Å². The lowest BCUT2D eigenvalue weighted by atomic mass is 10.2. The minimum absolute atomic E-state index is 0.0136. The normalized spacial score (nSPS) is 25.2. The Morgan fingerprint density at radius 3 is 2.63 bits per heavy atom. The van der Waals surface area contributed by atoms with Crippen molar-refractivity contribution in [2.45, 2.75) is 30.5 Å². The van der Waals surface area contributed by atoms with Gasteiger partial charge in [0.2, 0.25) is 0 Å². The SMILES string of the molecule is COC(=O)C1CC(F)CN1S(=O)c1ccc(C)cc1. The van der Waals surface area contributed by atoms with Gasteiger partial charge in [0.15, 0.2) is 0 Å². The molecule has 1 heterocycles.